The van der Waals surface area contributed by atoms with Crippen molar-refractivity contribution >= 4 is 15.7 Å². The van der Waals surface area contributed by atoms with E-state index in [1.165, 1.54) is 24.3 Å². The van der Waals surface area contributed by atoms with E-state index in [1.54, 1.807) is 0 Å². The highest BCUT2D eigenvalue weighted by molar-refractivity contribution is 7.89. The number of sulfonamides is 1. The van der Waals surface area contributed by atoms with Crippen molar-refractivity contribution in [1.29, 1.82) is 0 Å². The summed E-state index contributed by atoms with van der Waals surface area (Å²) in [5.74, 6) is 6.09. The summed E-state index contributed by atoms with van der Waals surface area (Å²) in [5, 5.41) is 10.8. The molecule has 0 spiro atoms. The van der Waals surface area contributed by atoms with Gasteiger partial charge in [0, 0.05) is 18.6 Å². The highest BCUT2D eigenvalue weighted by atomic mass is 32.2. The van der Waals surface area contributed by atoms with E-state index in [-0.39, 0.29) is 10.6 Å². The van der Waals surface area contributed by atoms with Crippen molar-refractivity contribution in [2.24, 2.45) is 0 Å². The van der Waals surface area contributed by atoms with Crippen LogP contribution in [-0.4, -0.2) is 13.3 Å². The first-order chi connectivity index (χ1) is 13.4. The number of hydrogen-bond acceptors (Lipinski definition) is 4. The molecule has 148 valence electrons. The minimum Gasteiger partial charge on any atom is -0.258 e. The number of non-ortho nitro benzene ring substituents is 1. The minimum atomic E-state index is -3.88. The van der Waals surface area contributed by atoms with E-state index < -0.39 is 21.0 Å². The predicted molar refractivity (Wildman–Crippen MR) is 109 cm³/mol. The van der Waals surface area contributed by atoms with Crippen LogP contribution in [0.25, 0.3) is 0 Å². The maximum absolute atomic E-state index is 12.7. The van der Waals surface area contributed by atoms with Crippen LogP contribution in [0.5, 0.6) is 0 Å². The number of unbranched alkanes of at least 4 members (excludes halogenated alkanes) is 4. The van der Waals surface area contributed by atoms with E-state index in [9.17, 15) is 18.5 Å². The molecule has 1 atom stereocenters. The SMILES string of the molecule is CCCCCCC#CC(NS(=O)(=O)c1ccc([N+](=O)[O-])cc1)c1ccccc1. The van der Waals surface area contributed by atoms with E-state index in [0.717, 1.165) is 31.2 Å². The van der Waals surface area contributed by atoms with Gasteiger partial charge in [-0.2, -0.15) is 4.72 Å². The molecule has 6 nitrogen and oxygen atoms in total. The lowest BCUT2D eigenvalue weighted by Crippen LogP contribution is -2.28. The molecule has 0 fully saturated rings. The lowest BCUT2D eigenvalue weighted by atomic mass is 10.1. The second-order valence-electron chi connectivity index (χ2n) is 6.35. The second kappa shape index (κ2) is 10.6. The zero-order chi connectivity index (χ0) is 20.4. The fourth-order valence-electron chi connectivity index (χ4n) is 2.61. The van der Waals surface area contributed by atoms with Crippen molar-refractivity contribution in [3.63, 3.8) is 0 Å². The molecule has 2 rings (SSSR count). The van der Waals surface area contributed by atoms with Crippen LogP contribution >= 0.6 is 0 Å². The standard InChI is InChI=1S/C21H24N2O4S/c1-2-3-4-5-6-10-13-21(18-11-8-7-9-12-18)22-28(26,27)20-16-14-19(15-17-20)23(24)25/h7-9,11-12,14-17,21-22H,2-6H2,1H3. The van der Waals surface area contributed by atoms with Crippen LogP contribution in [0.15, 0.2) is 59.5 Å². The van der Waals surface area contributed by atoms with Crippen molar-refractivity contribution in [1.82, 2.24) is 4.72 Å². The van der Waals surface area contributed by atoms with Crippen molar-refractivity contribution < 1.29 is 13.3 Å². The van der Waals surface area contributed by atoms with Gasteiger partial charge in [-0.15, -0.1) is 5.92 Å². The first kappa shape index (κ1) is 21.6. The molecule has 0 aromatic heterocycles. The van der Waals surface area contributed by atoms with Gasteiger partial charge in [0.15, 0.2) is 0 Å². The predicted octanol–water partition coefficient (Wildman–Crippen LogP) is 4.59. The Hall–Kier alpha value is -2.69. The molecular formula is C21H24N2O4S. The third-order valence-electron chi connectivity index (χ3n) is 4.17. The molecule has 0 aliphatic rings. The average Bonchev–Trinajstić information content (AvgIpc) is 2.70. The molecule has 2 aromatic rings. The topological polar surface area (TPSA) is 89.3 Å². The number of rotatable bonds is 9. The monoisotopic (exact) mass is 400 g/mol. The highest BCUT2D eigenvalue weighted by Crippen LogP contribution is 2.19. The summed E-state index contributed by atoms with van der Waals surface area (Å²) in [6.07, 6.45) is 5.11. The Morgan fingerprint density at radius 3 is 2.32 bits per heavy atom. The summed E-state index contributed by atoms with van der Waals surface area (Å²) in [6.45, 7) is 2.14. The third kappa shape index (κ3) is 6.48. The lowest BCUT2D eigenvalue weighted by molar-refractivity contribution is -0.384. The van der Waals surface area contributed by atoms with Gasteiger partial charge < -0.3 is 0 Å². The molecule has 2 aromatic carbocycles. The summed E-state index contributed by atoms with van der Waals surface area (Å²) < 4.78 is 28.1. The Balaban J connectivity index is 2.19. The first-order valence-corrected chi connectivity index (χ1v) is 10.7. The van der Waals surface area contributed by atoms with Gasteiger partial charge in [0.25, 0.3) is 5.69 Å². The molecular weight excluding hydrogens is 376 g/mol. The molecule has 0 saturated carbocycles. The molecule has 0 radical (unpaired) electrons. The molecule has 1 unspecified atom stereocenters. The summed E-state index contributed by atoms with van der Waals surface area (Å²) in [4.78, 5) is 10.2. The van der Waals surface area contributed by atoms with Gasteiger partial charge in [-0.25, -0.2) is 8.42 Å². The fourth-order valence-corrected chi connectivity index (χ4v) is 3.75. The maximum Gasteiger partial charge on any atom is 0.269 e. The quantitative estimate of drug-likeness (QED) is 0.289. The molecule has 0 heterocycles. The third-order valence-corrected chi connectivity index (χ3v) is 5.60. The summed E-state index contributed by atoms with van der Waals surface area (Å²) in [7, 11) is -3.88. The Labute approximate surface area is 166 Å². The zero-order valence-corrected chi connectivity index (χ0v) is 16.6. The smallest absolute Gasteiger partial charge is 0.258 e. The van der Waals surface area contributed by atoms with Gasteiger partial charge in [0.1, 0.15) is 6.04 Å². The Morgan fingerprint density at radius 1 is 1.04 bits per heavy atom. The number of hydrogen-bond donors (Lipinski definition) is 1. The molecule has 28 heavy (non-hydrogen) atoms. The second-order valence-corrected chi connectivity index (χ2v) is 8.06. The Bertz CT molecular complexity index is 930. The van der Waals surface area contributed by atoms with Crippen molar-refractivity contribution in [2.45, 2.75) is 50.0 Å². The number of nitrogens with zero attached hydrogens (tertiary/aromatic N) is 1. The van der Waals surface area contributed by atoms with Gasteiger partial charge in [0.2, 0.25) is 10.0 Å². The first-order valence-electron chi connectivity index (χ1n) is 9.24. The molecule has 0 bridgehead atoms. The van der Waals surface area contributed by atoms with Crippen LogP contribution in [0.3, 0.4) is 0 Å². The van der Waals surface area contributed by atoms with E-state index in [2.05, 4.69) is 23.5 Å². The van der Waals surface area contributed by atoms with Crippen molar-refractivity contribution in [3.05, 3.63) is 70.3 Å². The minimum absolute atomic E-state index is 0.0382. The van der Waals surface area contributed by atoms with Crippen LogP contribution in [0, 0.1) is 22.0 Å². The van der Waals surface area contributed by atoms with Crippen LogP contribution in [0.1, 0.15) is 50.6 Å². The summed E-state index contributed by atoms with van der Waals surface area (Å²) in [6, 6.07) is 13.2. The molecule has 1 N–H and O–H groups in total. The van der Waals surface area contributed by atoms with Crippen LogP contribution in [0.4, 0.5) is 5.69 Å². The molecule has 0 amide bonds. The van der Waals surface area contributed by atoms with Gasteiger partial charge in [-0.05, 0) is 24.1 Å². The molecule has 0 saturated heterocycles. The Kier molecular flexibility index (Phi) is 8.18. The van der Waals surface area contributed by atoms with Crippen molar-refractivity contribution in [2.75, 3.05) is 0 Å². The molecule has 0 aliphatic carbocycles. The fraction of sp³-hybridized carbons (Fsp3) is 0.333. The van der Waals surface area contributed by atoms with E-state index >= 15 is 0 Å². The van der Waals surface area contributed by atoms with Crippen molar-refractivity contribution in [3.8, 4) is 11.8 Å². The maximum atomic E-state index is 12.7. The van der Waals surface area contributed by atoms with Gasteiger partial charge >= 0.3 is 0 Å². The normalized spacial score (nSPS) is 12.0. The molecule has 0 aliphatic heterocycles. The van der Waals surface area contributed by atoms with Crippen LogP contribution < -0.4 is 4.72 Å². The number of nitro groups is 1. The van der Waals surface area contributed by atoms with Gasteiger partial charge in [-0.3, -0.25) is 10.1 Å². The van der Waals surface area contributed by atoms with E-state index in [1.807, 2.05) is 30.3 Å². The number of nitrogens with one attached hydrogen (secondary N) is 1. The average molecular weight is 401 g/mol. The van der Waals surface area contributed by atoms with Gasteiger partial charge in [0.05, 0.1) is 9.82 Å². The van der Waals surface area contributed by atoms with Gasteiger partial charge in [-0.1, -0.05) is 62.4 Å². The zero-order valence-electron chi connectivity index (χ0n) is 15.8. The number of benzene rings is 2. The lowest BCUT2D eigenvalue weighted by Gasteiger charge is -2.14. The van der Waals surface area contributed by atoms with Crippen LogP contribution in [-0.2, 0) is 10.0 Å². The van der Waals surface area contributed by atoms with Crippen LogP contribution in [0.2, 0.25) is 0 Å². The Morgan fingerprint density at radius 2 is 1.71 bits per heavy atom. The largest absolute Gasteiger partial charge is 0.269 e. The highest BCUT2D eigenvalue weighted by Gasteiger charge is 2.21. The van der Waals surface area contributed by atoms with E-state index in [4.69, 9.17) is 0 Å². The molecule has 7 heteroatoms. The number of nitro benzene ring substituents is 1. The summed E-state index contributed by atoms with van der Waals surface area (Å²) >= 11 is 0. The van der Waals surface area contributed by atoms with E-state index in [0.29, 0.717) is 6.42 Å². The summed E-state index contributed by atoms with van der Waals surface area (Å²) in [5.41, 5.74) is 0.583.